The average molecular weight is 794 g/mol. The van der Waals surface area contributed by atoms with Gasteiger partial charge in [-0.15, -0.1) is 0 Å². The Morgan fingerprint density at radius 2 is 0.887 bits per heavy atom. The third-order valence-electron chi connectivity index (χ3n) is 12.6. The fourth-order valence-electron chi connectivity index (χ4n) is 9.89. The second-order valence-electron chi connectivity index (χ2n) is 16.1. The number of nitrogens with zero attached hydrogens (tertiary/aromatic N) is 2. The molecule has 0 radical (unpaired) electrons. The first-order valence-electron chi connectivity index (χ1n) is 21.2. The number of amidine groups is 2. The molecule has 1 atom stereocenters. The van der Waals surface area contributed by atoms with E-state index in [2.05, 4.69) is 224 Å². The summed E-state index contributed by atoms with van der Waals surface area (Å²) < 4.78 is 7.13. The highest BCUT2D eigenvalue weighted by Crippen LogP contribution is 2.63. The Kier molecular flexibility index (Phi) is 8.42. The summed E-state index contributed by atoms with van der Waals surface area (Å²) in [6.45, 7) is 0. The molecule has 1 unspecified atom stereocenters. The highest BCUT2D eigenvalue weighted by atomic mass is 16.5. The van der Waals surface area contributed by atoms with Gasteiger partial charge in [0.15, 0.2) is 5.84 Å². The SMILES string of the molecule is c1ccc(-c2cccc(C3=NC(c4cccc(-c5ccccc5)c4)NC(c4ccccc4-c4cccc5c4Oc4ccccc4C54c5ccccc5-c5ccccc54)=N3)c2)cc1. The van der Waals surface area contributed by atoms with Crippen LogP contribution < -0.4 is 10.1 Å². The van der Waals surface area contributed by atoms with E-state index < -0.39 is 11.6 Å². The topological polar surface area (TPSA) is 46.0 Å². The minimum absolute atomic E-state index is 0.405. The number of hydrogen-bond donors (Lipinski definition) is 1. The summed E-state index contributed by atoms with van der Waals surface area (Å²) in [6.07, 6.45) is -0.405. The minimum Gasteiger partial charge on any atom is -0.456 e. The number of aliphatic imine (C=N–C) groups is 2. The van der Waals surface area contributed by atoms with Gasteiger partial charge in [0, 0.05) is 27.8 Å². The van der Waals surface area contributed by atoms with Crippen molar-refractivity contribution in [3.8, 4) is 56.0 Å². The fraction of sp³-hybridized carbons (Fsp3) is 0.0345. The molecule has 12 rings (SSSR count). The molecule has 0 saturated carbocycles. The van der Waals surface area contributed by atoms with Crippen molar-refractivity contribution in [3.63, 3.8) is 0 Å². The summed E-state index contributed by atoms with van der Waals surface area (Å²) in [4.78, 5) is 10.7. The summed E-state index contributed by atoms with van der Waals surface area (Å²) in [5.74, 6) is 3.11. The first kappa shape index (κ1) is 35.8. The number of fused-ring (bicyclic) bond motifs is 9. The van der Waals surface area contributed by atoms with Crippen molar-refractivity contribution in [2.24, 2.45) is 9.98 Å². The van der Waals surface area contributed by atoms with Gasteiger partial charge in [-0.2, -0.15) is 0 Å². The second-order valence-corrected chi connectivity index (χ2v) is 16.1. The van der Waals surface area contributed by atoms with E-state index in [4.69, 9.17) is 14.7 Å². The maximum atomic E-state index is 7.13. The van der Waals surface area contributed by atoms with E-state index in [0.717, 1.165) is 78.5 Å². The van der Waals surface area contributed by atoms with Gasteiger partial charge in [-0.3, -0.25) is 0 Å². The zero-order valence-electron chi connectivity index (χ0n) is 33.7. The van der Waals surface area contributed by atoms with E-state index in [-0.39, 0.29) is 0 Å². The summed E-state index contributed by atoms with van der Waals surface area (Å²) in [5, 5.41) is 3.81. The van der Waals surface area contributed by atoms with E-state index in [1.807, 2.05) is 6.07 Å². The van der Waals surface area contributed by atoms with Crippen LogP contribution in [0.2, 0.25) is 0 Å². The lowest BCUT2D eigenvalue weighted by Crippen LogP contribution is -2.34. The molecule has 9 aromatic rings. The Balaban J connectivity index is 1.04. The highest BCUT2D eigenvalue weighted by Gasteiger charge is 2.51. The summed E-state index contributed by atoms with van der Waals surface area (Å²) in [5.41, 5.74) is 16.2. The van der Waals surface area contributed by atoms with Gasteiger partial charge in [0.05, 0.1) is 5.41 Å². The van der Waals surface area contributed by atoms with Crippen LogP contribution in [0.25, 0.3) is 44.5 Å². The zero-order chi connectivity index (χ0) is 41.0. The Morgan fingerprint density at radius 3 is 1.60 bits per heavy atom. The van der Waals surface area contributed by atoms with Crippen LogP contribution in [0, 0.1) is 0 Å². The zero-order valence-corrected chi connectivity index (χ0v) is 33.7. The second kappa shape index (κ2) is 14.6. The summed E-state index contributed by atoms with van der Waals surface area (Å²) in [7, 11) is 0. The third kappa shape index (κ3) is 5.68. The lowest BCUT2D eigenvalue weighted by molar-refractivity contribution is 0.438. The molecule has 0 saturated heterocycles. The van der Waals surface area contributed by atoms with E-state index >= 15 is 0 Å². The number of hydrogen-bond acceptors (Lipinski definition) is 4. The molecule has 4 heteroatoms. The molecule has 3 aliphatic rings. The van der Waals surface area contributed by atoms with E-state index in [0.29, 0.717) is 5.84 Å². The standard InChI is InChI=1S/C58H39N3O/c1-3-18-38(19-4-1)40-22-15-24-42(36-40)55-59-56(43-25-16-23-41(37-43)39-20-5-2-6-21-39)61-57(60-55)48-29-8-7-26-44(48)47-30-17-34-52-54(47)62-53-35-14-13-33-51(53)58(52)49-31-11-9-27-45(49)46-28-10-12-32-50(46)58/h1-37,55H,(H,59,60,61). The van der Waals surface area contributed by atoms with Gasteiger partial charge in [0.1, 0.15) is 23.5 Å². The van der Waals surface area contributed by atoms with Crippen molar-refractivity contribution < 1.29 is 4.74 Å². The van der Waals surface area contributed by atoms with Gasteiger partial charge < -0.3 is 10.1 Å². The van der Waals surface area contributed by atoms with Crippen molar-refractivity contribution in [3.05, 3.63) is 263 Å². The van der Waals surface area contributed by atoms with Crippen LogP contribution in [0.15, 0.2) is 234 Å². The van der Waals surface area contributed by atoms with Crippen LogP contribution >= 0.6 is 0 Å². The number of rotatable bonds is 6. The van der Waals surface area contributed by atoms with E-state index in [1.165, 1.54) is 22.3 Å². The lowest BCUT2D eigenvalue weighted by atomic mass is 9.65. The molecule has 2 aliphatic heterocycles. The molecule has 0 amide bonds. The molecule has 1 spiro atoms. The normalized spacial score (nSPS) is 15.2. The average Bonchev–Trinajstić information content (AvgIpc) is 3.65. The maximum Gasteiger partial charge on any atom is 0.159 e. The third-order valence-corrected chi connectivity index (χ3v) is 12.6. The molecule has 0 aromatic heterocycles. The minimum atomic E-state index is -0.568. The van der Waals surface area contributed by atoms with E-state index in [1.54, 1.807) is 0 Å². The molecule has 4 nitrogen and oxygen atoms in total. The highest BCUT2D eigenvalue weighted by molar-refractivity contribution is 6.15. The maximum absolute atomic E-state index is 7.13. The Hall–Kier alpha value is -8.08. The van der Waals surface area contributed by atoms with Crippen LogP contribution in [0.4, 0.5) is 0 Å². The molecule has 62 heavy (non-hydrogen) atoms. The monoisotopic (exact) mass is 793 g/mol. The number of nitrogens with one attached hydrogen (secondary N) is 1. The quantitative estimate of drug-likeness (QED) is 0.182. The molecule has 2 heterocycles. The van der Waals surface area contributed by atoms with Crippen LogP contribution in [0.1, 0.15) is 45.1 Å². The van der Waals surface area contributed by atoms with E-state index in [9.17, 15) is 0 Å². The van der Waals surface area contributed by atoms with Crippen molar-refractivity contribution in [1.82, 2.24) is 5.32 Å². The molecule has 9 aromatic carbocycles. The largest absolute Gasteiger partial charge is 0.456 e. The number of para-hydroxylation sites is 2. The van der Waals surface area contributed by atoms with Gasteiger partial charge in [0.2, 0.25) is 0 Å². The Bertz CT molecular complexity index is 3210. The van der Waals surface area contributed by atoms with Gasteiger partial charge in [-0.1, -0.05) is 206 Å². The lowest BCUT2D eigenvalue weighted by Gasteiger charge is -2.40. The Labute approximate surface area is 361 Å². The van der Waals surface area contributed by atoms with Gasteiger partial charge in [0.25, 0.3) is 0 Å². The summed E-state index contributed by atoms with van der Waals surface area (Å²) in [6, 6.07) is 79.6. The van der Waals surface area contributed by atoms with Crippen molar-refractivity contribution in [2.75, 3.05) is 0 Å². The summed E-state index contributed by atoms with van der Waals surface area (Å²) >= 11 is 0. The fourth-order valence-corrected chi connectivity index (χ4v) is 9.89. The van der Waals surface area contributed by atoms with Crippen molar-refractivity contribution >= 4 is 11.7 Å². The predicted octanol–water partition coefficient (Wildman–Crippen LogP) is 13.7. The molecular formula is C58H39N3O. The molecule has 0 fully saturated rings. The molecule has 0 bridgehead atoms. The molecule has 1 aliphatic carbocycles. The van der Waals surface area contributed by atoms with Crippen LogP contribution in [-0.4, -0.2) is 11.7 Å². The first-order valence-corrected chi connectivity index (χ1v) is 21.2. The molecule has 1 N–H and O–H groups in total. The first-order chi connectivity index (χ1) is 30.7. The van der Waals surface area contributed by atoms with Gasteiger partial charge >= 0.3 is 0 Å². The van der Waals surface area contributed by atoms with Crippen LogP contribution in [0.3, 0.4) is 0 Å². The molecular weight excluding hydrogens is 755 g/mol. The number of benzene rings is 9. The number of ether oxygens (including phenoxy) is 1. The van der Waals surface area contributed by atoms with Crippen LogP contribution in [-0.2, 0) is 5.41 Å². The van der Waals surface area contributed by atoms with Gasteiger partial charge in [-0.05, 0) is 73.8 Å². The Morgan fingerprint density at radius 1 is 0.387 bits per heavy atom. The predicted molar refractivity (Wildman–Crippen MR) is 252 cm³/mol. The van der Waals surface area contributed by atoms with Gasteiger partial charge in [-0.25, -0.2) is 9.98 Å². The molecule has 292 valence electrons. The van der Waals surface area contributed by atoms with Crippen LogP contribution in [0.5, 0.6) is 11.5 Å². The smallest absolute Gasteiger partial charge is 0.159 e. The van der Waals surface area contributed by atoms with Crippen molar-refractivity contribution in [1.29, 1.82) is 0 Å². The van der Waals surface area contributed by atoms with Crippen molar-refractivity contribution in [2.45, 2.75) is 11.6 Å².